The summed E-state index contributed by atoms with van der Waals surface area (Å²) in [6.07, 6.45) is 6.18. The number of carbonyl (C=O) groups excluding carboxylic acids is 2. The number of hydrogen-bond donors (Lipinski definition) is 2. The molecule has 2 N–H and O–H groups in total. The quantitative estimate of drug-likeness (QED) is 0.217. The molecule has 240 valence electrons. The Hall–Kier alpha value is -3.88. The molecule has 0 radical (unpaired) electrons. The van der Waals surface area contributed by atoms with Crippen LogP contribution in [-0.2, 0) is 11.2 Å². The van der Waals surface area contributed by atoms with Gasteiger partial charge in [-0.05, 0) is 92.6 Å². The van der Waals surface area contributed by atoms with Gasteiger partial charge in [0.1, 0.15) is 5.75 Å². The Kier molecular flexibility index (Phi) is 12.3. The Balaban J connectivity index is 1.24. The van der Waals surface area contributed by atoms with Gasteiger partial charge in [0, 0.05) is 49.7 Å². The van der Waals surface area contributed by atoms with Crippen LogP contribution in [0.1, 0.15) is 65.3 Å². The maximum atomic E-state index is 13.6. The first-order chi connectivity index (χ1) is 22.1. The Morgan fingerprint density at radius 3 is 2.38 bits per heavy atom. The molecule has 0 unspecified atom stereocenters. The minimum atomic E-state index is -0.221. The van der Waals surface area contributed by atoms with Crippen LogP contribution in [0.4, 0.5) is 11.4 Å². The molecular formula is C37H48N4O4. The molecule has 0 spiro atoms. The van der Waals surface area contributed by atoms with E-state index >= 15 is 0 Å². The van der Waals surface area contributed by atoms with E-state index in [1.54, 1.807) is 12.1 Å². The minimum absolute atomic E-state index is 0.108. The molecule has 3 aromatic rings. The Bertz CT molecular complexity index is 1350. The van der Waals surface area contributed by atoms with Gasteiger partial charge in [-0.15, -0.1) is 0 Å². The number of nitrogens with one attached hydrogen (secondary N) is 2. The highest BCUT2D eigenvalue weighted by Crippen LogP contribution is 2.30. The van der Waals surface area contributed by atoms with Gasteiger partial charge < -0.3 is 25.0 Å². The van der Waals surface area contributed by atoms with Crippen molar-refractivity contribution in [2.24, 2.45) is 5.92 Å². The van der Waals surface area contributed by atoms with Crippen molar-refractivity contribution in [1.82, 2.24) is 10.2 Å². The lowest BCUT2D eigenvalue weighted by molar-refractivity contribution is 0.0374. The predicted molar refractivity (Wildman–Crippen MR) is 181 cm³/mol. The van der Waals surface area contributed by atoms with E-state index in [2.05, 4.69) is 57.7 Å². The molecular weight excluding hydrogens is 564 g/mol. The van der Waals surface area contributed by atoms with Crippen molar-refractivity contribution in [3.05, 3.63) is 89.5 Å². The van der Waals surface area contributed by atoms with E-state index in [0.717, 1.165) is 95.9 Å². The third-order valence-corrected chi connectivity index (χ3v) is 8.74. The minimum Gasteiger partial charge on any atom is -0.494 e. The molecule has 0 aromatic heterocycles. The summed E-state index contributed by atoms with van der Waals surface area (Å²) in [5, 5.41) is 6.15. The number of unbranched alkanes of at least 4 members (excludes halogenated alkanes) is 1. The highest BCUT2D eigenvalue weighted by Gasteiger charge is 2.24. The zero-order valence-corrected chi connectivity index (χ0v) is 26.6. The smallest absolute Gasteiger partial charge is 0.255 e. The highest BCUT2D eigenvalue weighted by atomic mass is 16.5. The molecule has 2 saturated heterocycles. The van der Waals surface area contributed by atoms with Crippen molar-refractivity contribution in [2.45, 2.75) is 45.4 Å². The molecule has 0 saturated carbocycles. The van der Waals surface area contributed by atoms with E-state index in [4.69, 9.17) is 9.47 Å². The van der Waals surface area contributed by atoms with E-state index in [1.807, 2.05) is 30.3 Å². The first-order valence-electron chi connectivity index (χ1n) is 16.6. The fourth-order valence-corrected chi connectivity index (χ4v) is 6.06. The molecule has 0 bridgehead atoms. The Morgan fingerprint density at radius 1 is 0.889 bits per heavy atom. The predicted octanol–water partition coefficient (Wildman–Crippen LogP) is 6.03. The summed E-state index contributed by atoms with van der Waals surface area (Å²) >= 11 is 0. The fraction of sp³-hybridized carbons (Fsp3) is 0.459. The lowest BCUT2D eigenvalue weighted by atomic mass is 9.89. The maximum Gasteiger partial charge on any atom is 0.255 e. The zero-order valence-electron chi connectivity index (χ0n) is 26.6. The molecule has 2 fully saturated rings. The number of benzene rings is 3. The monoisotopic (exact) mass is 612 g/mol. The third kappa shape index (κ3) is 9.80. The van der Waals surface area contributed by atoms with Crippen molar-refractivity contribution >= 4 is 23.2 Å². The van der Waals surface area contributed by atoms with Gasteiger partial charge in [-0.1, -0.05) is 43.7 Å². The molecule has 8 heteroatoms. The van der Waals surface area contributed by atoms with Crippen LogP contribution in [0.2, 0.25) is 0 Å². The van der Waals surface area contributed by atoms with Crippen molar-refractivity contribution in [1.29, 1.82) is 0 Å². The van der Waals surface area contributed by atoms with Crippen molar-refractivity contribution < 1.29 is 19.1 Å². The molecule has 5 rings (SSSR count). The average Bonchev–Trinajstić information content (AvgIpc) is 3.08. The van der Waals surface area contributed by atoms with Gasteiger partial charge in [0.25, 0.3) is 11.8 Å². The van der Waals surface area contributed by atoms with Gasteiger partial charge in [-0.3, -0.25) is 14.5 Å². The normalized spacial score (nSPS) is 15.9. The van der Waals surface area contributed by atoms with Gasteiger partial charge in [-0.2, -0.15) is 0 Å². The van der Waals surface area contributed by atoms with E-state index in [0.29, 0.717) is 35.9 Å². The second-order valence-corrected chi connectivity index (χ2v) is 12.1. The number of piperidine rings is 1. The number of ether oxygens (including phenoxy) is 2. The SMILES string of the molecule is CCCCOc1ccc(C(=O)Nc2ccc(N3CCC(Cc4ccccc4)CC3)c(C(=O)NCCCN3CCOCC3)c2)cc1. The third-order valence-electron chi connectivity index (χ3n) is 8.74. The van der Waals surface area contributed by atoms with Crippen LogP contribution in [-0.4, -0.2) is 75.8 Å². The Morgan fingerprint density at radius 2 is 1.64 bits per heavy atom. The van der Waals surface area contributed by atoms with Gasteiger partial charge in [0.2, 0.25) is 0 Å². The van der Waals surface area contributed by atoms with Crippen LogP contribution in [0.5, 0.6) is 5.75 Å². The van der Waals surface area contributed by atoms with E-state index in [1.165, 1.54) is 5.56 Å². The first kappa shape index (κ1) is 32.5. The molecule has 45 heavy (non-hydrogen) atoms. The van der Waals surface area contributed by atoms with Gasteiger partial charge >= 0.3 is 0 Å². The molecule has 3 aromatic carbocycles. The second kappa shape index (κ2) is 17.0. The number of hydrogen-bond acceptors (Lipinski definition) is 6. The molecule has 2 heterocycles. The van der Waals surface area contributed by atoms with Crippen LogP contribution >= 0.6 is 0 Å². The summed E-state index contributed by atoms with van der Waals surface area (Å²) < 4.78 is 11.2. The summed E-state index contributed by atoms with van der Waals surface area (Å²) in [4.78, 5) is 31.4. The topological polar surface area (TPSA) is 83.1 Å². The zero-order chi connectivity index (χ0) is 31.3. The van der Waals surface area contributed by atoms with Crippen LogP contribution in [0, 0.1) is 5.92 Å². The highest BCUT2D eigenvalue weighted by molar-refractivity contribution is 6.06. The summed E-state index contributed by atoms with van der Waals surface area (Å²) in [5.74, 6) is 1.05. The number of carbonyl (C=O) groups is 2. The molecule has 2 aliphatic heterocycles. The van der Waals surface area contributed by atoms with Gasteiger partial charge in [0.15, 0.2) is 0 Å². The largest absolute Gasteiger partial charge is 0.494 e. The summed E-state index contributed by atoms with van der Waals surface area (Å²) in [7, 11) is 0. The van der Waals surface area contributed by atoms with Crippen molar-refractivity contribution in [2.75, 3.05) is 69.3 Å². The van der Waals surface area contributed by atoms with Crippen LogP contribution < -0.4 is 20.3 Å². The van der Waals surface area contributed by atoms with Crippen LogP contribution in [0.3, 0.4) is 0 Å². The molecule has 0 atom stereocenters. The average molecular weight is 613 g/mol. The summed E-state index contributed by atoms with van der Waals surface area (Å²) in [6, 6.07) is 23.6. The molecule has 8 nitrogen and oxygen atoms in total. The first-order valence-corrected chi connectivity index (χ1v) is 16.6. The lowest BCUT2D eigenvalue weighted by Crippen LogP contribution is -2.38. The van der Waals surface area contributed by atoms with E-state index in [-0.39, 0.29) is 11.8 Å². The van der Waals surface area contributed by atoms with Crippen molar-refractivity contribution in [3.8, 4) is 5.75 Å². The Labute approximate surface area is 268 Å². The molecule has 2 aliphatic rings. The summed E-state index contributed by atoms with van der Waals surface area (Å²) in [5.41, 5.74) is 4.04. The van der Waals surface area contributed by atoms with Gasteiger partial charge in [-0.25, -0.2) is 0 Å². The number of rotatable bonds is 14. The van der Waals surface area contributed by atoms with Crippen molar-refractivity contribution in [3.63, 3.8) is 0 Å². The lowest BCUT2D eigenvalue weighted by Gasteiger charge is -2.35. The fourth-order valence-electron chi connectivity index (χ4n) is 6.06. The number of morpholine rings is 1. The summed E-state index contributed by atoms with van der Waals surface area (Å²) in [6.45, 7) is 9.53. The maximum absolute atomic E-state index is 13.6. The van der Waals surface area contributed by atoms with Crippen LogP contribution in [0.25, 0.3) is 0 Å². The molecule has 0 aliphatic carbocycles. The van der Waals surface area contributed by atoms with E-state index in [9.17, 15) is 9.59 Å². The van der Waals surface area contributed by atoms with Crippen LogP contribution in [0.15, 0.2) is 72.8 Å². The van der Waals surface area contributed by atoms with E-state index < -0.39 is 0 Å². The molecule has 2 amide bonds. The second-order valence-electron chi connectivity index (χ2n) is 12.1. The number of amides is 2. The number of nitrogens with zero attached hydrogens (tertiary/aromatic N) is 2. The van der Waals surface area contributed by atoms with Gasteiger partial charge in [0.05, 0.1) is 25.4 Å². The standard InChI is InChI=1S/C37H48N4O4/c1-2-3-24-45-33-13-10-31(11-14-33)36(42)39-32-12-15-35(41-20-16-30(17-21-41)27-29-8-5-4-6-9-29)34(28-32)37(43)38-18-7-19-40-22-25-44-26-23-40/h4-6,8-15,28,30H,2-3,7,16-27H2,1H3,(H,38,43)(H,39,42). The number of anilines is 2.